The summed E-state index contributed by atoms with van der Waals surface area (Å²) in [5.41, 5.74) is 7.13. The molecular formula is C35H39N3O5. The van der Waals surface area contributed by atoms with E-state index in [0.29, 0.717) is 33.8 Å². The largest absolute Gasteiger partial charge is 0.496 e. The van der Waals surface area contributed by atoms with Gasteiger partial charge in [-0.1, -0.05) is 18.2 Å². The standard InChI is InChI=1S/C35H39N3O5/c1-22-4-10-29(31(12-22)41-2)34(40)38-36-20-23-5-11-30(32(16-23)42-3)43-21-33(39)37-28-8-6-27(7-9-28)35-17-24-13-25(18-35)15-26(14-24)19-35/h4-12,16,20,24-26H,13-15,17-19,21H2,1-3H3,(H,37,39)(H,38,40)/b36-20-. The average molecular weight is 582 g/mol. The molecule has 224 valence electrons. The second-order valence-electron chi connectivity index (χ2n) is 12.4. The number of benzene rings is 3. The van der Waals surface area contributed by atoms with Gasteiger partial charge in [-0.2, -0.15) is 5.10 Å². The van der Waals surface area contributed by atoms with Gasteiger partial charge in [0.2, 0.25) is 0 Å². The number of aryl methyl sites for hydroxylation is 1. The fourth-order valence-electron chi connectivity index (χ4n) is 7.81. The van der Waals surface area contributed by atoms with Crippen LogP contribution in [-0.2, 0) is 10.2 Å². The Morgan fingerprint density at radius 1 is 0.860 bits per heavy atom. The first kappa shape index (κ1) is 28.8. The third kappa shape index (κ3) is 6.24. The highest BCUT2D eigenvalue weighted by Crippen LogP contribution is 2.60. The molecule has 4 bridgehead atoms. The minimum absolute atomic E-state index is 0.158. The minimum Gasteiger partial charge on any atom is -0.496 e. The Morgan fingerprint density at radius 2 is 1.53 bits per heavy atom. The maximum Gasteiger partial charge on any atom is 0.275 e. The van der Waals surface area contributed by atoms with E-state index in [1.807, 2.05) is 25.1 Å². The van der Waals surface area contributed by atoms with Crippen molar-refractivity contribution < 1.29 is 23.8 Å². The van der Waals surface area contributed by atoms with Gasteiger partial charge < -0.3 is 19.5 Å². The molecule has 8 nitrogen and oxygen atoms in total. The molecule has 0 heterocycles. The van der Waals surface area contributed by atoms with Crippen molar-refractivity contribution in [1.29, 1.82) is 0 Å². The molecule has 0 unspecified atom stereocenters. The molecule has 3 aromatic carbocycles. The van der Waals surface area contributed by atoms with Crippen LogP contribution in [0.5, 0.6) is 17.2 Å². The quantitative estimate of drug-likeness (QED) is 0.218. The van der Waals surface area contributed by atoms with Crippen molar-refractivity contribution in [1.82, 2.24) is 5.43 Å². The van der Waals surface area contributed by atoms with Gasteiger partial charge in [-0.3, -0.25) is 9.59 Å². The van der Waals surface area contributed by atoms with E-state index in [2.05, 4.69) is 28.0 Å². The van der Waals surface area contributed by atoms with E-state index in [9.17, 15) is 9.59 Å². The molecule has 3 aromatic rings. The number of carbonyl (C=O) groups is 2. The van der Waals surface area contributed by atoms with Crippen molar-refractivity contribution in [2.75, 3.05) is 26.1 Å². The zero-order valence-corrected chi connectivity index (χ0v) is 25.0. The first-order valence-electron chi connectivity index (χ1n) is 15.0. The molecule has 0 saturated heterocycles. The molecule has 4 fully saturated rings. The Bertz CT molecular complexity index is 1500. The van der Waals surface area contributed by atoms with Crippen LogP contribution < -0.4 is 25.0 Å². The zero-order chi connectivity index (χ0) is 30.0. The number of rotatable bonds is 10. The highest BCUT2D eigenvalue weighted by molar-refractivity contribution is 5.97. The van der Waals surface area contributed by atoms with Gasteiger partial charge in [-0.05, 0) is 128 Å². The van der Waals surface area contributed by atoms with Crippen LogP contribution in [0.3, 0.4) is 0 Å². The van der Waals surface area contributed by atoms with Gasteiger partial charge in [0, 0.05) is 5.69 Å². The Morgan fingerprint density at radius 3 is 2.19 bits per heavy atom. The summed E-state index contributed by atoms with van der Waals surface area (Å²) >= 11 is 0. The lowest BCUT2D eigenvalue weighted by Gasteiger charge is -2.57. The van der Waals surface area contributed by atoms with Crippen LogP contribution in [0.25, 0.3) is 0 Å². The number of anilines is 1. The lowest BCUT2D eigenvalue weighted by Crippen LogP contribution is -2.48. The Kier molecular flexibility index (Phi) is 8.10. The number of methoxy groups -OCH3 is 2. The first-order valence-corrected chi connectivity index (χ1v) is 15.0. The zero-order valence-electron chi connectivity index (χ0n) is 25.0. The number of ether oxygens (including phenoxy) is 3. The van der Waals surface area contributed by atoms with E-state index in [-0.39, 0.29) is 18.4 Å². The molecule has 2 N–H and O–H groups in total. The molecule has 0 atom stereocenters. The topological polar surface area (TPSA) is 98.2 Å². The molecule has 0 spiro atoms. The molecule has 2 amide bonds. The van der Waals surface area contributed by atoms with Gasteiger partial charge in [-0.25, -0.2) is 5.43 Å². The molecule has 0 aromatic heterocycles. The smallest absolute Gasteiger partial charge is 0.275 e. The van der Waals surface area contributed by atoms with E-state index >= 15 is 0 Å². The van der Waals surface area contributed by atoms with Gasteiger partial charge in [0.25, 0.3) is 11.8 Å². The van der Waals surface area contributed by atoms with Gasteiger partial charge in [0.15, 0.2) is 18.1 Å². The lowest BCUT2D eigenvalue weighted by molar-refractivity contribution is -0.118. The molecule has 4 aliphatic rings. The van der Waals surface area contributed by atoms with Crippen molar-refractivity contribution >= 4 is 23.7 Å². The number of hydrogen-bond acceptors (Lipinski definition) is 6. The van der Waals surface area contributed by atoms with Gasteiger partial charge in [-0.15, -0.1) is 0 Å². The van der Waals surface area contributed by atoms with Crippen LogP contribution in [0.1, 0.15) is 65.6 Å². The monoisotopic (exact) mass is 581 g/mol. The second kappa shape index (κ2) is 12.1. The third-order valence-electron chi connectivity index (χ3n) is 9.35. The normalized spacial score (nSPS) is 23.7. The number of hydrazone groups is 1. The number of hydrogen-bond donors (Lipinski definition) is 2. The Balaban J connectivity index is 1.02. The number of carbonyl (C=O) groups excluding carboxylic acids is 2. The minimum atomic E-state index is -0.381. The maximum atomic E-state index is 12.7. The van der Waals surface area contributed by atoms with Crippen LogP contribution >= 0.6 is 0 Å². The number of nitrogens with zero attached hydrogens (tertiary/aromatic N) is 1. The molecule has 0 aliphatic heterocycles. The van der Waals surface area contributed by atoms with E-state index in [0.717, 1.165) is 29.0 Å². The second-order valence-corrected chi connectivity index (χ2v) is 12.4. The highest BCUT2D eigenvalue weighted by Gasteiger charge is 2.51. The summed E-state index contributed by atoms with van der Waals surface area (Å²) in [6.45, 7) is 1.77. The SMILES string of the molecule is COc1cc(/C=N\NC(=O)c2ccc(C)cc2OC)ccc1OCC(=O)Nc1ccc(C23CC4CC(CC(C4)C2)C3)cc1. The number of amides is 2. The molecule has 4 aliphatic carbocycles. The number of nitrogens with one attached hydrogen (secondary N) is 2. The average Bonchev–Trinajstić information content (AvgIpc) is 2.99. The van der Waals surface area contributed by atoms with E-state index in [1.165, 1.54) is 64.5 Å². The van der Waals surface area contributed by atoms with E-state index < -0.39 is 0 Å². The first-order chi connectivity index (χ1) is 20.8. The summed E-state index contributed by atoms with van der Waals surface area (Å²) in [5.74, 6) is 3.43. The predicted octanol–water partition coefficient (Wildman–Crippen LogP) is 6.26. The lowest BCUT2D eigenvalue weighted by atomic mass is 9.48. The van der Waals surface area contributed by atoms with Crippen LogP contribution in [0.2, 0.25) is 0 Å². The summed E-state index contributed by atoms with van der Waals surface area (Å²) in [6, 6.07) is 19.0. The van der Waals surface area contributed by atoms with Gasteiger partial charge in [0.1, 0.15) is 5.75 Å². The van der Waals surface area contributed by atoms with Crippen molar-refractivity contribution in [3.05, 3.63) is 82.9 Å². The van der Waals surface area contributed by atoms with Crippen LogP contribution in [0.15, 0.2) is 65.8 Å². The molecule has 0 radical (unpaired) electrons. The summed E-state index contributed by atoms with van der Waals surface area (Å²) in [6.07, 6.45) is 9.75. The molecule has 7 rings (SSSR count). The van der Waals surface area contributed by atoms with Crippen LogP contribution in [-0.4, -0.2) is 38.9 Å². The third-order valence-corrected chi connectivity index (χ3v) is 9.35. The molecule has 4 saturated carbocycles. The molecule has 43 heavy (non-hydrogen) atoms. The van der Waals surface area contributed by atoms with Gasteiger partial charge in [0.05, 0.1) is 26.0 Å². The van der Waals surface area contributed by atoms with Crippen molar-refractivity contribution in [2.45, 2.75) is 50.9 Å². The van der Waals surface area contributed by atoms with E-state index in [1.54, 1.807) is 30.3 Å². The fourth-order valence-corrected chi connectivity index (χ4v) is 7.81. The summed E-state index contributed by atoms with van der Waals surface area (Å²) in [4.78, 5) is 25.2. The maximum absolute atomic E-state index is 12.7. The van der Waals surface area contributed by atoms with Crippen LogP contribution in [0, 0.1) is 24.7 Å². The fraction of sp³-hybridized carbons (Fsp3) is 0.400. The van der Waals surface area contributed by atoms with Gasteiger partial charge >= 0.3 is 0 Å². The highest BCUT2D eigenvalue weighted by atomic mass is 16.5. The Hall–Kier alpha value is -4.33. The van der Waals surface area contributed by atoms with Crippen molar-refractivity contribution in [3.8, 4) is 17.2 Å². The van der Waals surface area contributed by atoms with Crippen molar-refractivity contribution in [3.63, 3.8) is 0 Å². The Labute approximate surface area is 252 Å². The summed E-state index contributed by atoms with van der Waals surface area (Å²) < 4.78 is 16.5. The summed E-state index contributed by atoms with van der Waals surface area (Å²) in [5, 5.41) is 7.01. The molecular weight excluding hydrogens is 542 g/mol. The molecule has 8 heteroatoms. The predicted molar refractivity (Wildman–Crippen MR) is 166 cm³/mol. The van der Waals surface area contributed by atoms with Crippen LogP contribution in [0.4, 0.5) is 5.69 Å². The van der Waals surface area contributed by atoms with Crippen molar-refractivity contribution in [2.24, 2.45) is 22.9 Å². The summed E-state index contributed by atoms with van der Waals surface area (Å²) in [7, 11) is 3.05. The van der Waals surface area contributed by atoms with E-state index in [4.69, 9.17) is 14.2 Å².